The summed E-state index contributed by atoms with van der Waals surface area (Å²) in [6.45, 7) is 11.0. The van der Waals surface area contributed by atoms with Gasteiger partial charge in [-0.1, -0.05) is 12.1 Å². The Balaban J connectivity index is 1.96. The molecule has 0 unspecified atom stereocenters. The number of ether oxygens (including phenoxy) is 1. The lowest BCUT2D eigenvalue weighted by molar-refractivity contribution is 0.0618. The van der Waals surface area contributed by atoms with E-state index in [4.69, 9.17) is 9.26 Å². The predicted molar refractivity (Wildman–Crippen MR) is 122 cm³/mol. The molecule has 0 saturated heterocycles. The Morgan fingerprint density at radius 3 is 2.34 bits per heavy atom. The largest absolute Gasteiger partial charge is 0.485 e. The van der Waals surface area contributed by atoms with Gasteiger partial charge in [0.25, 0.3) is 5.89 Å². The molecule has 9 nitrogen and oxygen atoms in total. The van der Waals surface area contributed by atoms with E-state index in [1.165, 1.54) is 0 Å². The van der Waals surface area contributed by atoms with E-state index in [1.54, 1.807) is 0 Å². The zero-order valence-electron chi connectivity index (χ0n) is 19.3. The van der Waals surface area contributed by atoms with Gasteiger partial charge in [-0.05, 0) is 63.4 Å². The summed E-state index contributed by atoms with van der Waals surface area (Å²) >= 11 is 0. The second-order valence-electron chi connectivity index (χ2n) is 7.53. The first-order valence-electron chi connectivity index (χ1n) is 10.9. The molecule has 32 heavy (non-hydrogen) atoms. The van der Waals surface area contributed by atoms with Gasteiger partial charge in [-0.2, -0.15) is 4.98 Å². The summed E-state index contributed by atoms with van der Waals surface area (Å²) in [6, 6.07) is 5.67. The van der Waals surface area contributed by atoms with Gasteiger partial charge in [-0.3, -0.25) is 0 Å². The Bertz CT molecular complexity index is 1040. The van der Waals surface area contributed by atoms with Crippen molar-refractivity contribution < 1.29 is 19.5 Å². The molecule has 0 fully saturated rings. The number of nitrogens with zero attached hydrogens (tertiary/aromatic N) is 5. The van der Waals surface area contributed by atoms with E-state index in [2.05, 4.69) is 38.9 Å². The molecule has 0 atom stereocenters. The smallest absolute Gasteiger partial charge is 0.277 e. The molecule has 0 bridgehead atoms. The molecular formula is C23H31N5O4. The van der Waals surface area contributed by atoms with Crippen LogP contribution in [0.2, 0.25) is 0 Å². The minimum absolute atomic E-state index is 0.261. The van der Waals surface area contributed by atoms with E-state index in [-0.39, 0.29) is 13.2 Å². The topological polar surface area (TPSA) is 118 Å². The fraction of sp³-hybridized carbons (Fsp3) is 0.478. The minimum atomic E-state index is -0.664. The van der Waals surface area contributed by atoms with Crippen LogP contribution in [-0.4, -0.2) is 62.7 Å². The van der Waals surface area contributed by atoms with Gasteiger partial charge in [0.05, 0.1) is 13.2 Å². The van der Waals surface area contributed by atoms with Crippen LogP contribution < -0.4 is 9.64 Å². The summed E-state index contributed by atoms with van der Waals surface area (Å²) in [7, 11) is 0. The maximum Gasteiger partial charge on any atom is 0.277 e. The summed E-state index contributed by atoms with van der Waals surface area (Å²) in [5, 5.41) is 22.9. The summed E-state index contributed by atoms with van der Waals surface area (Å²) in [4.78, 5) is 15.8. The maximum atomic E-state index is 9.36. The zero-order chi connectivity index (χ0) is 23.3. The third-order valence-corrected chi connectivity index (χ3v) is 5.22. The molecule has 172 valence electrons. The predicted octanol–water partition coefficient (Wildman–Crippen LogP) is 2.95. The lowest BCUT2D eigenvalue weighted by Crippen LogP contribution is -2.26. The van der Waals surface area contributed by atoms with Gasteiger partial charge < -0.3 is 24.4 Å². The molecule has 3 aromatic rings. The van der Waals surface area contributed by atoms with Crippen LogP contribution in [0.4, 0.5) is 5.95 Å². The summed E-state index contributed by atoms with van der Waals surface area (Å²) in [6.07, 6.45) is 0.0408. The molecule has 1 aromatic carbocycles. The molecule has 2 N–H and O–H groups in total. The maximum absolute atomic E-state index is 9.36. The highest BCUT2D eigenvalue weighted by atomic mass is 16.5. The number of rotatable bonds is 10. The van der Waals surface area contributed by atoms with Crippen LogP contribution in [0.1, 0.15) is 37.6 Å². The van der Waals surface area contributed by atoms with Crippen molar-refractivity contribution >= 4 is 5.95 Å². The van der Waals surface area contributed by atoms with Crippen LogP contribution in [0.3, 0.4) is 0 Å². The highest BCUT2D eigenvalue weighted by Gasteiger charge is 2.19. The third kappa shape index (κ3) is 5.05. The van der Waals surface area contributed by atoms with Gasteiger partial charge in [0.1, 0.15) is 17.5 Å². The van der Waals surface area contributed by atoms with Crippen LogP contribution in [-0.2, 0) is 6.42 Å². The molecule has 0 aliphatic carbocycles. The number of aliphatic hydroxyl groups is 2. The second kappa shape index (κ2) is 10.5. The average molecular weight is 442 g/mol. The Hall–Kier alpha value is -3.04. The van der Waals surface area contributed by atoms with E-state index in [9.17, 15) is 10.2 Å². The molecule has 0 aliphatic heterocycles. The monoisotopic (exact) mass is 441 g/mol. The molecule has 0 radical (unpaired) electrons. The van der Waals surface area contributed by atoms with Crippen molar-refractivity contribution in [1.82, 2.24) is 20.1 Å². The number of hydrogen-bond acceptors (Lipinski definition) is 9. The van der Waals surface area contributed by atoms with Crippen molar-refractivity contribution in [3.05, 3.63) is 35.0 Å². The van der Waals surface area contributed by atoms with Crippen molar-refractivity contribution in [3.63, 3.8) is 0 Å². The first kappa shape index (κ1) is 23.6. The van der Waals surface area contributed by atoms with E-state index in [0.717, 1.165) is 35.5 Å². The zero-order valence-corrected chi connectivity index (χ0v) is 19.3. The Morgan fingerprint density at radius 1 is 1.00 bits per heavy atom. The van der Waals surface area contributed by atoms with Crippen LogP contribution in [0.5, 0.6) is 5.75 Å². The van der Waals surface area contributed by atoms with Gasteiger partial charge in [-0.15, -0.1) is 0 Å². The Kier molecular flexibility index (Phi) is 7.76. The molecule has 2 heterocycles. The van der Waals surface area contributed by atoms with Crippen LogP contribution in [0, 0.1) is 13.8 Å². The SMILES string of the molecule is CCc1cc(-c2noc(-c3cc(C)nc(N(CC)CC)n3)n2)cc(C)c1OC(CO)CO. The van der Waals surface area contributed by atoms with E-state index in [1.807, 2.05) is 39.0 Å². The van der Waals surface area contributed by atoms with E-state index >= 15 is 0 Å². The van der Waals surface area contributed by atoms with Crippen LogP contribution in [0.15, 0.2) is 22.7 Å². The number of aryl methyl sites for hydroxylation is 3. The van der Waals surface area contributed by atoms with Gasteiger partial charge in [-0.25, -0.2) is 9.97 Å². The fourth-order valence-corrected chi connectivity index (χ4v) is 3.46. The fourth-order valence-electron chi connectivity index (χ4n) is 3.46. The molecular weight excluding hydrogens is 410 g/mol. The van der Waals surface area contributed by atoms with Crippen molar-refractivity contribution in [1.29, 1.82) is 0 Å². The number of aliphatic hydroxyl groups excluding tert-OH is 2. The molecule has 0 spiro atoms. The van der Waals surface area contributed by atoms with E-state index < -0.39 is 6.10 Å². The Morgan fingerprint density at radius 2 is 1.72 bits per heavy atom. The lowest BCUT2D eigenvalue weighted by atomic mass is 10.0. The molecule has 0 aliphatic rings. The lowest BCUT2D eigenvalue weighted by Gasteiger charge is -2.19. The van der Waals surface area contributed by atoms with Crippen molar-refractivity contribution in [2.24, 2.45) is 0 Å². The average Bonchev–Trinajstić information content (AvgIpc) is 3.29. The number of hydrogen-bond donors (Lipinski definition) is 2. The van der Waals surface area contributed by atoms with Crippen molar-refractivity contribution in [3.8, 4) is 28.7 Å². The van der Waals surface area contributed by atoms with Crippen LogP contribution in [0.25, 0.3) is 23.0 Å². The van der Waals surface area contributed by atoms with Gasteiger partial charge >= 0.3 is 0 Å². The summed E-state index contributed by atoms with van der Waals surface area (Å²) < 4.78 is 11.4. The quantitative estimate of drug-likeness (QED) is 0.489. The summed E-state index contributed by atoms with van der Waals surface area (Å²) in [5.41, 5.74) is 3.99. The highest BCUT2D eigenvalue weighted by molar-refractivity contribution is 5.63. The van der Waals surface area contributed by atoms with Crippen molar-refractivity contribution in [2.75, 3.05) is 31.2 Å². The molecule has 3 rings (SSSR count). The third-order valence-electron chi connectivity index (χ3n) is 5.22. The number of aromatic nitrogens is 4. The van der Waals surface area contributed by atoms with Gasteiger partial charge in [0.15, 0.2) is 0 Å². The van der Waals surface area contributed by atoms with Crippen molar-refractivity contribution in [2.45, 2.75) is 47.1 Å². The van der Waals surface area contributed by atoms with Gasteiger partial charge in [0.2, 0.25) is 11.8 Å². The normalized spacial score (nSPS) is 11.2. The summed E-state index contributed by atoms with van der Waals surface area (Å²) in [5.74, 6) is 2.07. The first-order chi connectivity index (χ1) is 15.4. The number of anilines is 1. The minimum Gasteiger partial charge on any atom is -0.485 e. The molecule has 0 saturated carbocycles. The first-order valence-corrected chi connectivity index (χ1v) is 10.9. The standard InChI is InChI=1S/C23H31N5O4/c1-6-16-11-17(9-14(4)20(16)31-18(12-29)13-30)21-26-22(32-27-21)19-10-15(5)24-23(25-19)28(7-2)8-3/h9-11,18,29-30H,6-8,12-13H2,1-5H3. The molecule has 0 amide bonds. The van der Waals surface area contributed by atoms with Crippen LogP contribution >= 0.6 is 0 Å². The molecule has 2 aromatic heterocycles. The van der Waals surface area contributed by atoms with Gasteiger partial charge in [0, 0.05) is 24.3 Å². The Labute approximate surface area is 188 Å². The second-order valence-corrected chi connectivity index (χ2v) is 7.53. The highest BCUT2D eigenvalue weighted by Crippen LogP contribution is 2.31. The number of benzene rings is 1. The van der Waals surface area contributed by atoms with E-state index in [0.29, 0.717) is 35.5 Å². The molecule has 9 heteroatoms.